The van der Waals surface area contributed by atoms with Crippen LogP contribution in [0.25, 0.3) is 0 Å². The van der Waals surface area contributed by atoms with Gasteiger partial charge in [-0.1, -0.05) is 28.1 Å². The molecule has 0 unspecified atom stereocenters. The third kappa shape index (κ3) is 4.34. The van der Waals surface area contributed by atoms with Gasteiger partial charge in [0.2, 0.25) is 5.91 Å². The smallest absolute Gasteiger partial charge is 0.221 e. The van der Waals surface area contributed by atoms with Crippen molar-refractivity contribution in [3.8, 4) is 0 Å². The van der Waals surface area contributed by atoms with Gasteiger partial charge in [0.15, 0.2) is 0 Å². The predicted octanol–water partition coefficient (Wildman–Crippen LogP) is 4.16. The SMILES string of the molecule is CC(=O)Nc1ccc(N=Cc2ccc(Br)cc2)cc1. The molecule has 1 N–H and O–H groups in total. The first-order chi connectivity index (χ1) is 9.13. The maximum absolute atomic E-state index is 10.9. The van der Waals surface area contributed by atoms with E-state index in [4.69, 9.17) is 0 Å². The van der Waals surface area contributed by atoms with Crippen molar-refractivity contribution in [2.45, 2.75) is 6.92 Å². The molecule has 0 bridgehead atoms. The third-order valence-electron chi connectivity index (χ3n) is 2.42. The topological polar surface area (TPSA) is 41.5 Å². The Bertz CT molecular complexity index is 589. The highest BCUT2D eigenvalue weighted by Crippen LogP contribution is 2.16. The number of benzene rings is 2. The standard InChI is InChI=1S/C15H13BrN2O/c1-11(19)18-15-8-6-14(7-9-15)17-10-12-2-4-13(16)5-3-12/h2-10H,1H3,(H,18,19). The number of nitrogens with zero attached hydrogens (tertiary/aromatic N) is 1. The van der Waals surface area contributed by atoms with Crippen LogP contribution in [0.4, 0.5) is 11.4 Å². The van der Waals surface area contributed by atoms with Gasteiger partial charge in [0.1, 0.15) is 0 Å². The van der Waals surface area contributed by atoms with E-state index < -0.39 is 0 Å². The fourth-order valence-corrected chi connectivity index (χ4v) is 1.80. The average molecular weight is 317 g/mol. The van der Waals surface area contributed by atoms with E-state index in [0.29, 0.717) is 0 Å². The Kier molecular flexibility index (Phi) is 4.47. The number of aliphatic imine (C=N–C) groups is 1. The Morgan fingerprint density at radius 3 is 2.32 bits per heavy atom. The Morgan fingerprint density at radius 2 is 1.74 bits per heavy atom. The summed E-state index contributed by atoms with van der Waals surface area (Å²) in [5.74, 6) is -0.0777. The van der Waals surface area contributed by atoms with Crippen LogP contribution in [0.3, 0.4) is 0 Å². The van der Waals surface area contributed by atoms with Crippen molar-refractivity contribution in [3.63, 3.8) is 0 Å². The number of anilines is 1. The van der Waals surface area contributed by atoms with Gasteiger partial charge in [0, 0.05) is 23.3 Å². The summed E-state index contributed by atoms with van der Waals surface area (Å²) in [6.07, 6.45) is 1.81. The zero-order chi connectivity index (χ0) is 13.7. The number of carbonyl (C=O) groups excluding carboxylic acids is 1. The fraction of sp³-hybridized carbons (Fsp3) is 0.0667. The molecule has 0 aliphatic rings. The normalized spacial score (nSPS) is 10.6. The Balaban J connectivity index is 2.06. The summed E-state index contributed by atoms with van der Waals surface area (Å²) >= 11 is 3.39. The summed E-state index contributed by atoms with van der Waals surface area (Å²) in [6.45, 7) is 1.49. The molecule has 0 radical (unpaired) electrons. The van der Waals surface area contributed by atoms with Crippen LogP contribution in [0.2, 0.25) is 0 Å². The Labute approximate surface area is 120 Å². The average Bonchev–Trinajstić information content (AvgIpc) is 2.39. The number of carbonyl (C=O) groups is 1. The van der Waals surface area contributed by atoms with Gasteiger partial charge in [-0.05, 0) is 42.0 Å². The fourth-order valence-electron chi connectivity index (χ4n) is 1.53. The molecule has 0 spiro atoms. The van der Waals surface area contributed by atoms with E-state index in [1.807, 2.05) is 48.5 Å². The molecule has 2 aromatic carbocycles. The van der Waals surface area contributed by atoms with Gasteiger partial charge in [-0.15, -0.1) is 0 Å². The van der Waals surface area contributed by atoms with Crippen molar-refractivity contribution in [1.82, 2.24) is 0 Å². The van der Waals surface area contributed by atoms with E-state index in [1.165, 1.54) is 6.92 Å². The first-order valence-electron chi connectivity index (χ1n) is 5.81. The second-order valence-corrected chi connectivity index (χ2v) is 4.95. The number of amides is 1. The first-order valence-corrected chi connectivity index (χ1v) is 6.60. The molecular weight excluding hydrogens is 304 g/mol. The molecule has 0 saturated heterocycles. The highest BCUT2D eigenvalue weighted by atomic mass is 79.9. The molecule has 0 aromatic heterocycles. The summed E-state index contributed by atoms with van der Waals surface area (Å²) in [5, 5.41) is 2.72. The summed E-state index contributed by atoms with van der Waals surface area (Å²) in [5.41, 5.74) is 2.65. The first kappa shape index (κ1) is 13.5. The van der Waals surface area contributed by atoms with Crippen LogP contribution in [0.15, 0.2) is 58.0 Å². The van der Waals surface area contributed by atoms with Crippen molar-refractivity contribution >= 4 is 39.4 Å². The van der Waals surface area contributed by atoms with Gasteiger partial charge in [0.05, 0.1) is 5.69 Å². The molecule has 4 heteroatoms. The molecule has 2 rings (SSSR count). The largest absolute Gasteiger partial charge is 0.326 e. The zero-order valence-electron chi connectivity index (χ0n) is 10.4. The molecule has 0 atom stereocenters. The molecule has 96 valence electrons. The molecule has 0 aliphatic carbocycles. The predicted molar refractivity (Wildman–Crippen MR) is 82.1 cm³/mol. The molecule has 19 heavy (non-hydrogen) atoms. The minimum atomic E-state index is -0.0777. The number of rotatable bonds is 3. The highest BCUT2D eigenvalue weighted by molar-refractivity contribution is 9.10. The van der Waals surface area contributed by atoms with Gasteiger partial charge < -0.3 is 5.32 Å². The number of nitrogens with one attached hydrogen (secondary N) is 1. The van der Waals surface area contributed by atoms with Gasteiger partial charge >= 0.3 is 0 Å². The molecule has 0 aliphatic heterocycles. The van der Waals surface area contributed by atoms with Crippen LogP contribution < -0.4 is 5.32 Å². The second-order valence-electron chi connectivity index (χ2n) is 4.04. The van der Waals surface area contributed by atoms with Crippen LogP contribution in [-0.4, -0.2) is 12.1 Å². The van der Waals surface area contributed by atoms with Crippen molar-refractivity contribution in [1.29, 1.82) is 0 Å². The lowest BCUT2D eigenvalue weighted by Gasteiger charge is -2.01. The quantitative estimate of drug-likeness (QED) is 0.849. The summed E-state index contributed by atoms with van der Waals surface area (Å²) in [7, 11) is 0. The summed E-state index contributed by atoms with van der Waals surface area (Å²) in [4.78, 5) is 15.3. The van der Waals surface area contributed by atoms with Gasteiger partial charge in [-0.3, -0.25) is 9.79 Å². The van der Waals surface area contributed by atoms with E-state index >= 15 is 0 Å². The summed E-state index contributed by atoms with van der Waals surface area (Å²) < 4.78 is 1.05. The maximum Gasteiger partial charge on any atom is 0.221 e. The van der Waals surface area contributed by atoms with Gasteiger partial charge in [-0.2, -0.15) is 0 Å². The Morgan fingerprint density at radius 1 is 1.11 bits per heavy atom. The minimum absolute atomic E-state index is 0.0777. The number of halogens is 1. The van der Waals surface area contributed by atoms with Crippen LogP contribution >= 0.6 is 15.9 Å². The molecule has 0 saturated carbocycles. The van der Waals surface area contributed by atoms with Crippen LogP contribution in [-0.2, 0) is 4.79 Å². The molecule has 2 aromatic rings. The molecule has 3 nitrogen and oxygen atoms in total. The van der Waals surface area contributed by atoms with Crippen molar-refractivity contribution in [2.24, 2.45) is 4.99 Å². The van der Waals surface area contributed by atoms with Crippen molar-refractivity contribution in [3.05, 3.63) is 58.6 Å². The van der Waals surface area contributed by atoms with E-state index in [9.17, 15) is 4.79 Å². The summed E-state index contributed by atoms with van der Waals surface area (Å²) in [6, 6.07) is 15.3. The number of hydrogen-bond donors (Lipinski definition) is 1. The lowest BCUT2D eigenvalue weighted by molar-refractivity contribution is -0.114. The second kappa shape index (κ2) is 6.29. The van der Waals surface area contributed by atoms with E-state index in [0.717, 1.165) is 21.4 Å². The molecular formula is C15H13BrN2O. The Hall–Kier alpha value is -1.94. The zero-order valence-corrected chi connectivity index (χ0v) is 12.0. The van der Waals surface area contributed by atoms with Crippen LogP contribution in [0.5, 0.6) is 0 Å². The highest BCUT2D eigenvalue weighted by Gasteiger charge is 1.95. The van der Waals surface area contributed by atoms with Crippen LogP contribution in [0.1, 0.15) is 12.5 Å². The molecule has 0 fully saturated rings. The van der Waals surface area contributed by atoms with Crippen molar-refractivity contribution < 1.29 is 4.79 Å². The van der Waals surface area contributed by atoms with E-state index in [-0.39, 0.29) is 5.91 Å². The van der Waals surface area contributed by atoms with Crippen molar-refractivity contribution in [2.75, 3.05) is 5.32 Å². The van der Waals surface area contributed by atoms with Gasteiger partial charge in [-0.25, -0.2) is 0 Å². The molecule has 0 heterocycles. The van der Waals surface area contributed by atoms with E-state index in [2.05, 4.69) is 26.2 Å². The van der Waals surface area contributed by atoms with E-state index in [1.54, 1.807) is 6.21 Å². The maximum atomic E-state index is 10.9. The van der Waals surface area contributed by atoms with Crippen LogP contribution in [0, 0.1) is 0 Å². The lowest BCUT2D eigenvalue weighted by Crippen LogP contribution is -2.04. The number of hydrogen-bond acceptors (Lipinski definition) is 2. The van der Waals surface area contributed by atoms with Gasteiger partial charge in [0.25, 0.3) is 0 Å². The monoisotopic (exact) mass is 316 g/mol. The lowest BCUT2D eigenvalue weighted by atomic mass is 10.2. The molecule has 1 amide bonds. The third-order valence-corrected chi connectivity index (χ3v) is 2.95. The minimum Gasteiger partial charge on any atom is -0.326 e.